The van der Waals surface area contributed by atoms with Gasteiger partial charge in [-0.3, -0.25) is 4.79 Å². The van der Waals surface area contributed by atoms with Crippen LogP contribution in [0.25, 0.3) is 4.91 Å². The summed E-state index contributed by atoms with van der Waals surface area (Å²) in [4.78, 5) is 11.6. The van der Waals surface area contributed by atoms with E-state index in [0.29, 0.717) is 10.5 Å². The first kappa shape index (κ1) is 18.0. The molecule has 126 valence electrons. The van der Waals surface area contributed by atoms with Gasteiger partial charge in [-0.05, 0) is 24.0 Å². The number of benzene rings is 1. The van der Waals surface area contributed by atoms with E-state index >= 15 is 0 Å². The van der Waals surface area contributed by atoms with Crippen LogP contribution in [0, 0.1) is 0 Å². The van der Waals surface area contributed by atoms with Crippen molar-refractivity contribution in [3.8, 4) is 0 Å². The molecular weight excluding hydrogens is 336 g/mol. The molecule has 1 aromatic carbocycles. The number of hydrogen-bond donors (Lipinski definition) is 2. The third-order valence-electron chi connectivity index (χ3n) is 4.46. The highest BCUT2D eigenvalue weighted by Crippen LogP contribution is 2.46. The second-order valence-electron chi connectivity index (χ2n) is 5.98. The van der Waals surface area contributed by atoms with Crippen molar-refractivity contribution in [2.24, 2.45) is 0 Å². The molecule has 3 rings (SSSR count). The van der Waals surface area contributed by atoms with Crippen molar-refractivity contribution in [3.63, 3.8) is 0 Å². The molecule has 1 spiro atoms. The van der Waals surface area contributed by atoms with Crippen LogP contribution >= 0.6 is 12.4 Å². The third kappa shape index (κ3) is 3.29. The van der Waals surface area contributed by atoms with Crippen LogP contribution in [-0.4, -0.2) is 26.4 Å². The summed E-state index contributed by atoms with van der Waals surface area (Å²) in [6.45, 7) is 1.72. The number of carbonyl (C=O) groups excluding carboxylic acids is 1. The van der Waals surface area contributed by atoms with Crippen LogP contribution in [0.2, 0.25) is 0 Å². The van der Waals surface area contributed by atoms with Crippen molar-refractivity contribution in [1.82, 2.24) is 10.0 Å². The van der Waals surface area contributed by atoms with Gasteiger partial charge in [0.25, 0.3) is 0 Å². The van der Waals surface area contributed by atoms with Gasteiger partial charge in [0.2, 0.25) is 15.9 Å². The van der Waals surface area contributed by atoms with E-state index in [9.17, 15) is 13.2 Å². The Morgan fingerprint density at radius 3 is 2.39 bits per heavy atom. The highest BCUT2D eigenvalue weighted by Gasteiger charge is 2.49. The number of nitrogens with one attached hydrogen (secondary N) is 2. The van der Waals surface area contributed by atoms with Gasteiger partial charge >= 0.3 is 0 Å². The maximum Gasteiger partial charge on any atom is 0.242 e. The molecular formula is C16H21ClN2O3S. The van der Waals surface area contributed by atoms with Crippen LogP contribution in [-0.2, 0) is 14.8 Å². The van der Waals surface area contributed by atoms with Crippen LogP contribution in [0.5, 0.6) is 0 Å². The Labute approximate surface area is 143 Å². The quantitative estimate of drug-likeness (QED) is 0.871. The number of hydrogen-bond acceptors (Lipinski definition) is 3. The number of sulfonamides is 1. The summed E-state index contributed by atoms with van der Waals surface area (Å²) < 4.78 is 28.3. The van der Waals surface area contributed by atoms with E-state index in [-0.39, 0.29) is 24.9 Å². The zero-order chi connectivity index (χ0) is 15.8. The SMILES string of the molecule is CC(=O)NCC1=C(c2ccccc2)S(=O)(=O)NC12CCCC2.Cl. The first-order valence-corrected chi connectivity index (χ1v) is 9.00. The van der Waals surface area contributed by atoms with Gasteiger partial charge in [0.05, 0.1) is 10.4 Å². The summed E-state index contributed by atoms with van der Waals surface area (Å²) in [6.07, 6.45) is 3.57. The van der Waals surface area contributed by atoms with Crippen molar-refractivity contribution in [3.05, 3.63) is 41.5 Å². The van der Waals surface area contributed by atoms with E-state index < -0.39 is 15.6 Å². The van der Waals surface area contributed by atoms with Crippen molar-refractivity contribution in [1.29, 1.82) is 0 Å². The second-order valence-corrected chi connectivity index (χ2v) is 7.60. The van der Waals surface area contributed by atoms with Crippen molar-refractivity contribution in [2.75, 3.05) is 6.54 Å². The lowest BCUT2D eigenvalue weighted by molar-refractivity contribution is -0.118. The number of halogens is 1. The summed E-state index contributed by atoms with van der Waals surface area (Å²) in [7, 11) is -3.55. The molecule has 0 unspecified atom stereocenters. The van der Waals surface area contributed by atoms with Crippen molar-refractivity contribution < 1.29 is 13.2 Å². The maximum absolute atomic E-state index is 12.7. The van der Waals surface area contributed by atoms with E-state index in [1.54, 1.807) is 12.1 Å². The standard InChI is InChI=1S/C16H20N2O3S.ClH/c1-12(19)17-11-14-15(13-7-3-2-4-8-13)22(20,21)18-16(14)9-5-6-10-16;/h2-4,7-8,18H,5-6,9-11H2,1H3,(H,17,19);1H. The van der Waals surface area contributed by atoms with Crippen LogP contribution in [0.1, 0.15) is 38.2 Å². The highest BCUT2D eigenvalue weighted by molar-refractivity contribution is 7.99. The second kappa shape index (κ2) is 6.63. The van der Waals surface area contributed by atoms with Gasteiger partial charge in [0.1, 0.15) is 0 Å². The van der Waals surface area contributed by atoms with E-state index in [0.717, 1.165) is 31.3 Å². The van der Waals surface area contributed by atoms with Crippen molar-refractivity contribution in [2.45, 2.75) is 38.1 Å². The Balaban J connectivity index is 0.00000192. The topological polar surface area (TPSA) is 75.3 Å². The molecule has 1 aliphatic heterocycles. The molecule has 23 heavy (non-hydrogen) atoms. The van der Waals surface area contributed by atoms with Gasteiger partial charge in [0, 0.05) is 13.5 Å². The van der Waals surface area contributed by atoms with E-state index in [4.69, 9.17) is 0 Å². The number of amides is 1. The molecule has 1 aromatic rings. The van der Waals surface area contributed by atoms with Crippen LogP contribution in [0.3, 0.4) is 0 Å². The first-order valence-electron chi connectivity index (χ1n) is 7.52. The van der Waals surface area contributed by atoms with Crippen LogP contribution < -0.4 is 10.0 Å². The van der Waals surface area contributed by atoms with Gasteiger partial charge in [-0.1, -0.05) is 43.2 Å². The number of carbonyl (C=O) groups is 1. The normalized spacial score (nSPS) is 21.3. The molecule has 0 radical (unpaired) electrons. The van der Waals surface area contributed by atoms with Crippen molar-refractivity contribution >= 4 is 33.2 Å². The molecule has 0 aromatic heterocycles. The Kier molecular flexibility index (Phi) is 5.18. The average Bonchev–Trinajstić information content (AvgIpc) is 3.00. The predicted octanol–water partition coefficient (Wildman–Crippen LogP) is 2.20. The van der Waals surface area contributed by atoms with Gasteiger partial charge in [-0.25, -0.2) is 13.1 Å². The zero-order valence-corrected chi connectivity index (χ0v) is 14.6. The molecule has 0 atom stereocenters. The Morgan fingerprint density at radius 1 is 1.22 bits per heavy atom. The van der Waals surface area contributed by atoms with Crippen LogP contribution in [0.15, 0.2) is 35.9 Å². The largest absolute Gasteiger partial charge is 0.352 e. The maximum atomic E-state index is 12.7. The molecule has 1 saturated carbocycles. The molecule has 2 N–H and O–H groups in total. The molecule has 1 aliphatic carbocycles. The minimum absolute atomic E-state index is 0. The molecule has 5 nitrogen and oxygen atoms in total. The third-order valence-corrected chi connectivity index (χ3v) is 6.14. The minimum Gasteiger partial charge on any atom is -0.352 e. The smallest absolute Gasteiger partial charge is 0.242 e. The monoisotopic (exact) mass is 356 g/mol. The highest BCUT2D eigenvalue weighted by atomic mass is 35.5. The van der Waals surface area contributed by atoms with E-state index in [1.165, 1.54) is 6.92 Å². The van der Waals surface area contributed by atoms with Crippen LogP contribution in [0.4, 0.5) is 0 Å². The molecule has 0 bridgehead atoms. The first-order chi connectivity index (χ1) is 10.4. The fraction of sp³-hybridized carbons (Fsp3) is 0.438. The molecule has 2 aliphatic rings. The van der Waals surface area contributed by atoms with Gasteiger partial charge in [-0.15, -0.1) is 12.4 Å². The van der Waals surface area contributed by atoms with E-state index in [2.05, 4.69) is 10.0 Å². The summed E-state index contributed by atoms with van der Waals surface area (Å²) in [5, 5.41) is 2.77. The van der Waals surface area contributed by atoms with Gasteiger partial charge < -0.3 is 5.32 Å². The molecule has 7 heteroatoms. The lowest BCUT2D eigenvalue weighted by Gasteiger charge is -2.26. The molecule has 1 heterocycles. The minimum atomic E-state index is -3.55. The Bertz CT molecular complexity index is 723. The number of rotatable bonds is 3. The average molecular weight is 357 g/mol. The summed E-state index contributed by atoms with van der Waals surface area (Å²) in [5.74, 6) is -0.155. The lowest BCUT2D eigenvalue weighted by atomic mass is 9.87. The molecule has 1 amide bonds. The molecule has 1 fully saturated rings. The summed E-state index contributed by atoms with van der Waals surface area (Å²) in [6, 6.07) is 9.12. The summed E-state index contributed by atoms with van der Waals surface area (Å²) >= 11 is 0. The fourth-order valence-electron chi connectivity index (χ4n) is 3.51. The Hall–Kier alpha value is -1.37. The zero-order valence-electron chi connectivity index (χ0n) is 13.0. The van der Waals surface area contributed by atoms with E-state index in [1.807, 2.05) is 18.2 Å². The predicted molar refractivity (Wildman–Crippen MR) is 92.5 cm³/mol. The van der Waals surface area contributed by atoms with Gasteiger partial charge in [0.15, 0.2) is 0 Å². The lowest BCUT2D eigenvalue weighted by Crippen LogP contribution is -2.44. The summed E-state index contributed by atoms with van der Waals surface area (Å²) in [5.41, 5.74) is 0.956. The Morgan fingerprint density at radius 2 is 1.83 bits per heavy atom. The van der Waals surface area contributed by atoms with Gasteiger partial charge in [-0.2, -0.15) is 0 Å². The fourth-order valence-corrected chi connectivity index (χ4v) is 5.50. The molecule has 0 saturated heterocycles.